The predicted octanol–water partition coefficient (Wildman–Crippen LogP) is 4.54. The molecule has 1 aliphatic rings. The quantitative estimate of drug-likeness (QED) is 0.646. The molecule has 0 radical (unpaired) electrons. The van der Waals surface area contributed by atoms with Crippen molar-refractivity contribution in [3.05, 3.63) is 64.8 Å². The van der Waals surface area contributed by atoms with E-state index in [9.17, 15) is 4.79 Å². The van der Waals surface area contributed by atoms with Crippen molar-refractivity contribution in [3.63, 3.8) is 0 Å². The number of piperidine rings is 1. The molecule has 0 atom stereocenters. The normalized spacial score (nSPS) is 14.9. The van der Waals surface area contributed by atoms with Crippen LogP contribution in [0, 0.1) is 0 Å². The fraction of sp³-hybridized carbons (Fsp3) is 0.250. The first-order valence-electron chi connectivity index (χ1n) is 8.77. The van der Waals surface area contributed by atoms with Gasteiger partial charge in [-0.3, -0.25) is 4.79 Å². The maximum atomic E-state index is 12.7. The van der Waals surface area contributed by atoms with E-state index in [1.54, 1.807) is 18.3 Å². The number of pyridine rings is 1. The lowest BCUT2D eigenvalue weighted by molar-refractivity contribution is 0.0583. The zero-order valence-electron chi connectivity index (χ0n) is 14.5. The molecule has 0 aliphatic carbocycles. The van der Waals surface area contributed by atoms with Gasteiger partial charge in [-0.25, -0.2) is 9.97 Å². The number of carbonyl (C=O) groups excluding carboxylic acids is 1. The largest absolute Gasteiger partial charge is 0.474 e. The lowest BCUT2D eigenvalue weighted by atomic mass is 10.1. The zero-order chi connectivity index (χ0) is 18.6. The Morgan fingerprint density at radius 1 is 1.15 bits per heavy atom. The van der Waals surface area contributed by atoms with Gasteiger partial charge in [0.15, 0.2) is 0 Å². The first-order chi connectivity index (χ1) is 13.2. The number of benzene rings is 1. The Balaban J connectivity index is 1.35. The van der Waals surface area contributed by atoms with Crippen molar-refractivity contribution in [2.45, 2.75) is 18.9 Å². The van der Waals surface area contributed by atoms with Gasteiger partial charge in [0.25, 0.3) is 5.91 Å². The van der Waals surface area contributed by atoms with Crippen LogP contribution in [-0.2, 0) is 0 Å². The summed E-state index contributed by atoms with van der Waals surface area (Å²) in [4.78, 5) is 23.3. The summed E-state index contributed by atoms with van der Waals surface area (Å²) in [5, 5.41) is 3.29. The first-order valence-corrected chi connectivity index (χ1v) is 10.0. The van der Waals surface area contributed by atoms with Gasteiger partial charge in [0, 0.05) is 49.1 Å². The van der Waals surface area contributed by atoms with E-state index in [-0.39, 0.29) is 12.0 Å². The predicted molar refractivity (Wildman–Crippen MR) is 106 cm³/mol. The molecule has 1 aromatic carbocycles. The SMILES string of the molecule is O=C(c1csc(-c2ccccc2)n1)N1CCC(Oc2ccc(Cl)cn2)CC1. The van der Waals surface area contributed by atoms with Gasteiger partial charge in [0.2, 0.25) is 5.88 Å². The maximum Gasteiger partial charge on any atom is 0.273 e. The minimum atomic E-state index is -0.0171. The molecule has 1 fully saturated rings. The van der Waals surface area contributed by atoms with E-state index in [0.29, 0.717) is 29.7 Å². The van der Waals surface area contributed by atoms with Gasteiger partial charge < -0.3 is 9.64 Å². The molecule has 1 aliphatic heterocycles. The number of amides is 1. The second kappa shape index (κ2) is 8.06. The fourth-order valence-corrected chi connectivity index (χ4v) is 3.94. The van der Waals surface area contributed by atoms with Crippen LogP contribution in [0.2, 0.25) is 5.02 Å². The highest BCUT2D eigenvalue weighted by Gasteiger charge is 2.26. The molecular weight excluding hydrogens is 382 g/mol. The lowest BCUT2D eigenvalue weighted by Crippen LogP contribution is -2.42. The van der Waals surface area contributed by atoms with Crippen LogP contribution in [-0.4, -0.2) is 40.0 Å². The maximum absolute atomic E-state index is 12.7. The summed E-state index contributed by atoms with van der Waals surface area (Å²) in [6, 6.07) is 13.4. The van der Waals surface area contributed by atoms with Crippen LogP contribution in [0.3, 0.4) is 0 Å². The van der Waals surface area contributed by atoms with Crippen molar-refractivity contribution in [3.8, 4) is 16.5 Å². The van der Waals surface area contributed by atoms with Gasteiger partial charge in [0.05, 0.1) is 5.02 Å². The molecule has 1 amide bonds. The molecular formula is C20H18ClN3O2S. The molecule has 0 N–H and O–H groups in total. The van der Waals surface area contributed by atoms with E-state index in [1.807, 2.05) is 40.6 Å². The Kier molecular flexibility index (Phi) is 5.36. The monoisotopic (exact) mass is 399 g/mol. The lowest BCUT2D eigenvalue weighted by Gasteiger charge is -2.31. The van der Waals surface area contributed by atoms with Crippen LogP contribution < -0.4 is 4.74 Å². The smallest absolute Gasteiger partial charge is 0.273 e. The molecule has 3 aromatic rings. The molecule has 4 rings (SSSR count). The zero-order valence-corrected chi connectivity index (χ0v) is 16.1. The minimum absolute atomic E-state index is 0.0171. The number of ether oxygens (including phenoxy) is 1. The van der Waals surface area contributed by atoms with Gasteiger partial charge in [-0.2, -0.15) is 0 Å². The van der Waals surface area contributed by atoms with Crippen molar-refractivity contribution >= 4 is 28.8 Å². The van der Waals surface area contributed by atoms with Crippen LogP contribution in [0.4, 0.5) is 0 Å². The van der Waals surface area contributed by atoms with Gasteiger partial charge in [-0.05, 0) is 6.07 Å². The Bertz CT molecular complexity index is 906. The number of rotatable bonds is 4. The van der Waals surface area contributed by atoms with Crippen LogP contribution in [0.15, 0.2) is 54.0 Å². The summed E-state index contributed by atoms with van der Waals surface area (Å²) in [7, 11) is 0. The van der Waals surface area contributed by atoms with Crippen LogP contribution in [0.25, 0.3) is 10.6 Å². The number of hydrogen-bond acceptors (Lipinski definition) is 5. The number of thiazole rings is 1. The standard InChI is InChI=1S/C20H18ClN3O2S/c21-15-6-7-18(22-12-15)26-16-8-10-24(11-9-16)20(25)17-13-27-19(23-17)14-4-2-1-3-5-14/h1-7,12-13,16H,8-11H2. The first kappa shape index (κ1) is 17.9. The molecule has 5 nitrogen and oxygen atoms in total. The van der Waals surface area contributed by atoms with E-state index < -0.39 is 0 Å². The molecule has 1 saturated heterocycles. The van der Waals surface area contributed by atoms with Crippen molar-refractivity contribution in [2.75, 3.05) is 13.1 Å². The average molecular weight is 400 g/mol. The van der Waals surface area contributed by atoms with Crippen molar-refractivity contribution in [2.24, 2.45) is 0 Å². The van der Waals surface area contributed by atoms with Crippen molar-refractivity contribution in [1.82, 2.24) is 14.9 Å². The summed E-state index contributed by atoms with van der Waals surface area (Å²) >= 11 is 7.34. The summed E-state index contributed by atoms with van der Waals surface area (Å²) in [6.07, 6.45) is 3.16. The molecule has 3 heterocycles. The topological polar surface area (TPSA) is 55.3 Å². The van der Waals surface area contributed by atoms with Crippen molar-refractivity contribution < 1.29 is 9.53 Å². The average Bonchev–Trinajstić information content (AvgIpc) is 3.21. The van der Waals surface area contributed by atoms with E-state index in [0.717, 1.165) is 23.4 Å². The Labute approximate surface area is 166 Å². The minimum Gasteiger partial charge on any atom is -0.474 e. The Morgan fingerprint density at radius 2 is 1.93 bits per heavy atom. The van der Waals surface area contributed by atoms with Gasteiger partial charge >= 0.3 is 0 Å². The number of carbonyl (C=O) groups is 1. The molecule has 0 unspecified atom stereocenters. The molecule has 138 valence electrons. The van der Waals surface area contributed by atoms with E-state index in [1.165, 1.54) is 11.3 Å². The number of halogens is 1. The van der Waals surface area contributed by atoms with Gasteiger partial charge in [-0.1, -0.05) is 41.9 Å². The Morgan fingerprint density at radius 3 is 2.63 bits per heavy atom. The number of hydrogen-bond donors (Lipinski definition) is 0. The Hall–Kier alpha value is -2.44. The van der Waals surface area contributed by atoms with Crippen molar-refractivity contribution in [1.29, 1.82) is 0 Å². The molecule has 0 bridgehead atoms. The van der Waals surface area contributed by atoms with Crippen LogP contribution >= 0.6 is 22.9 Å². The second-order valence-corrected chi connectivity index (χ2v) is 7.62. The summed E-state index contributed by atoms with van der Waals surface area (Å²) < 4.78 is 5.88. The van der Waals surface area contributed by atoms with Crippen LogP contribution in [0.5, 0.6) is 5.88 Å². The van der Waals surface area contributed by atoms with E-state index in [4.69, 9.17) is 16.3 Å². The molecule has 0 saturated carbocycles. The second-order valence-electron chi connectivity index (χ2n) is 6.33. The van der Waals surface area contributed by atoms with Crippen LogP contribution in [0.1, 0.15) is 23.3 Å². The molecule has 2 aromatic heterocycles. The number of likely N-dealkylation sites (tertiary alicyclic amines) is 1. The number of aromatic nitrogens is 2. The highest BCUT2D eigenvalue weighted by atomic mass is 35.5. The molecule has 0 spiro atoms. The van der Waals surface area contributed by atoms with Gasteiger partial charge in [0.1, 0.15) is 16.8 Å². The molecule has 27 heavy (non-hydrogen) atoms. The summed E-state index contributed by atoms with van der Waals surface area (Å²) in [5.74, 6) is 0.549. The molecule has 7 heteroatoms. The highest BCUT2D eigenvalue weighted by Crippen LogP contribution is 2.25. The fourth-order valence-electron chi connectivity index (χ4n) is 3.03. The van der Waals surface area contributed by atoms with Gasteiger partial charge in [-0.15, -0.1) is 11.3 Å². The highest BCUT2D eigenvalue weighted by molar-refractivity contribution is 7.13. The summed E-state index contributed by atoms with van der Waals surface area (Å²) in [6.45, 7) is 1.30. The summed E-state index contributed by atoms with van der Waals surface area (Å²) in [5.41, 5.74) is 1.54. The van der Waals surface area contributed by atoms with E-state index in [2.05, 4.69) is 9.97 Å². The third kappa shape index (κ3) is 4.28. The van der Waals surface area contributed by atoms with E-state index >= 15 is 0 Å². The third-order valence-corrected chi connectivity index (χ3v) is 5.58. The number of nitrogens with zero attached hydrogens (tertiary/aromatic N) is 3. The third-order valence-electron chi connectivity index (χ3n) is 4.46.